The largest absolute Gasteiger partial charge is 0.349 e. The fourth-order valence-corrected chi connectivity index (χ4v) is 4.12. The Kier molecular flexibility index (Phi) is 9.77. The van der Waals surface area contributed by atoms with Crippen molar-refractivity contribution < 1.29 is 29.0 Å². The first-order valence-corrected chi connectivity index (χ1v) is 12.3. The maximum atomic E-state index is 12.8. The molecule has 0 unspecified atom stereocenters. The number of hydrogen-bond donors (Lipinski definition) is 2. The fraction of sp³-hybridized carbons (Fsp3) is 0.0833. The quantitative estimate of drug-likeness (QED) is 0.165. The average molecular weight is 628 g/mol. The smallest absolute Gasteiger partial charge is 0.318 e. The summed E-state index contributed by atoms with van der Waals surface area (Å²) in [6.45, 7) is 0. The molecular weight excluding hydrogens is 614 g/mol. The first-order chi connectivity index (χ1) is 18.8. The Hall–Kier alpha value is -4.10. The molecule has 0 aromatic heterocycles. The van der Waals surface area contributed by atoms with Crippen LogP contribution in [0.25, 0.3) is 0 Å². The Morgan fingerprint density at radius 2 is 1.15 bits per heavy atom. The van der Waals surface area contributed by atoms with Gasteiger partial charge in [-0.1, -0.05) is 52.5 Å². The lowest BCUT2D eigenvalue weighted by atomic mass is 9.95. The second-order valence-corrected chi connectivity index (χ2v) is 9.63. The van der Waals surface area contributed by atoms with Crippen LogP contribution in [0.3, 0.4) is 0 Å². The van der Waals surface area contributed by atoms with Gasteiger partial charge in [0, 0.05) is 34.5 Å². The van der Waals surface area contributed by atoms with Crippen molar-refractivity contribution >= 4 is 92.5 Å². The normalized spacial score (nSPS) is 10.5. The van der Waals surface area contributed by atoms with Gasteiger partial charge < -0.3 is 10.6 Å². The lowest BCUT2D eigenvalue weighted by Crippen LogP contribution is -2.27. The lowest BCUT2D eigenvalue weighted by molar-refractivity contribution is -0.423. The average Bonchev–Trinajstić information content (AvgIpc) is 2.88. The number of nitrogens with one attached hydrogen (secondary N) is 2. The molecule has 2 N–H and O–H groups in total. The zero-order chi connectivity index (χ0) is 29.7. The Morgan fingerprint density at radius 3 is 1.60 bits per heavy atom. The number of hydrogen-bond acceptors (Lipinski definition) is 8. The molecule has 0 saturated carbocycles. The summed E-state index contributed by atoms with van der Waals surface area (Å²) in [6.07, 6.45) is -1.83. The Labute approximate surface area is 244 Å². The van der Waals surface area contributed by atoms with Crippen molar-refractivity contribution in [1.82, 2.24) is 0 Å². The molecule has 0 spiro atoms. The molecule has 3 aromatic carbocycles. The molecule has 2 amide bonds. The third-order valence-corrected chi connectivity index (χ3v) is 6.42. The van der Waals surface area contributed by atoms with Crippen molar-refractivity contribution in [2.45, 2.75) is 12.8 Å². The van der Waals surface area contributed by atoms with Gasteiger partial charge in [0.05, 0.1) is 31.3 Å². The SMILES string of the molecule is O=C(Cc1ccc([N+](=O)[O-])c([N+](=O)[O-])c1CC(=O)C(=O)Nc1cc(Cl)ccc1Cl)C(=O)Nc1cc(Cl)ccc1Cl. The second-order valence-electron chi connectivity index (χ2n) is 7.94. The van der Waals surface area contributed by atoms with Crippen LogP contribution >= 0.6 is 46.4 Å². The number of carbonyl (C=O) groups excluding carboxylic acids is 4. The Morgan fingerprint density at radius 1 is 0.675 bits per heavy atom. The third-order valence-electron chi connectivity index (χ3n) is 5.29. The van der Waals surface area contributed by atoms with Crippen LogP contribution in [0.4, 0.5) is 22.7 Å². The molecular formula is C24H14Cl4N4O8. The summed E-state index contributed by atoms with van der Waals surface area (Å²) < 4.78 is 0. The van der Waals surface area contributed by atoms with Crippen molar-refractivity contribution in [1.29, 1.82) is 0 Å². The summed E-state index contributed by atoms with van der Waals surface area (Å²) in [5, 5.41) is 28.2. The number of amides is 2. The molecule has 0 aliphatic carbocycles. The topological polar surface area (TPSA) is 179 Å². The van der Waals surface area contributed by atoms with Gasteiger partial charge in [0.2, 0.25) is 11.6 Å². The van der Waals surface area contributed by atoms with Crippen LogP contribution in [0.15, 0.2) is 48.5 Å². The monoisotopic (exact) mass is 626 g/mol. The molecule has 0 aliphatic rings. The van der Waals surface area contributed by atoms with Gasteiger partial charge in [-0.15, -0.1) is 0 Å². The van der Waals surface area contributed by atoms with Crippen LogP contribution in [0.5, 0.6) is 0 Å². The molecule has 0 saturated heterocycles. The summed E-state index contributed by atoms with van der Waals surface area (Å²) in [4.78, 5) is 71.7. The van der Waals surface area contributed by atoms with E-state index in [9.17, 15) is 39.4 Å². The van der Waals surface area contributed by atoms with Crippen molar-refractivity contribution in [2.75, 3.05) is 10.6 Å². The summed E-state index contributed by atoms with van der Waals surface area (Å²) in [7, 11) is 0. The minimum Gasteiger partial charge on any atom is -0.318 e. The van der Waals surface area contributed by atoms with Gasteiger partial charge in [0.1, 0.15) is 0 Å². The van der Waals surface area contributed by atoms with Crippen molar-refractivity contribution in [3.8, 4) is 0 Å². The number of anilines is 2. The molecule has 0 radical (unpaired) electrons. The Balaban J connectivity index is 1.94. The number of benzene rings is 3. The predicted molar refractivity (Wildman–Crippen MR) is 147 cm³/mol. The third kappa shape index (κ3) is 7.30. The molecule has 0 heterocycles. The maximum absolute atomic E-state index is 12.8. The van der Waals surface area contributed by atoms with E-state index >= 15 is 0 Å². The molecule has 3 rings (SSSR count). The van der Waals surface area contributed by atoms with Crippen LogP contribution in [0, 0.1) is 20.2 Å². The van der Waals surface area contributed by atoms with E-state index in [-0.39, 0.29) is 37.0 Å². The molecule has 0 atom stereocenters. The standard InChI is InChI=1S/C24H14Cl4N4O8/c25-12-2-4-15(27)17(8-12)29-23(35)20(33)7-11-1-6-19(31(37)38)22(32(39)40)14(11)10-21(34)24(36)30-18-9-13(26)3-5-16(18)28/h1-6,8-9H,7,10H2,(H,29,35)(H,30,36). The zero-order valence-electron chi connectivity index (χ0n) is 19.7. The molecule has 0 aliphatic heterocycles. The van der Waals surface area contributed by atoms with Crippen LogP contribution in [-0.4, -0.2) is 33.2 Å². The van der Waals surface area contributed by atoms with Gasteiger partial charge in [-0.3, -0.25) is 39.4 Å². The van der Waals surface area contributed by atoms with Gasteiger partial charge in [-0.05, 0) is 42.0 Å². The molecule has 0 fully saturated rings. The van der Waals surface area contributed by atoms with Crippen LogP contribution in [-0.2, 0) is 32.0 Å². The van der Waals surface area contributed by atoms with E-state index in [1.165, 1.54) is 36.4 Å². The highest BCUT2D eigenvalue weighted by Gasteiger charge is 2.34. The van der Waals surface area contributed by atoms with Crippen molar-refractivity contribution in [3.63, 3.8) is 0 Å². The van der Waals surface area contributed by atoms with Crippen molar-refractivity contribution in [2.24, 2.45) is 0 Å². The molecule has 3 aromatic rings. The van der Waals surface area contributed by atoms with Crippen molar-refractivity contribution in [3.05, 3.63) is 100.0 Å². The molecule has 0 bridgehead atoms. The zero-order valence-corrected chi connectivity index (χ0v) is 22.7. The van der Waals surface area contributed by atoms with E-state index < -0.39 is 63.0 Å². The first kappa shape index (κ1) is 30.4. The van der Waals surface area contributed by atoms with Gasteiger partial charge >= 0.3 is 11.4 Å². The number of nitro benzene ring substituents is 2. The molecule has 12 nitrogen and oxygen atoms in total. The number of ketones is 2. The predicted octanol–water partition coefficient (Wildman–Crippen LogP) is 5.62. The highest BCUT2D eigenvalue weighted by Crippen LogP contribution is 2.34. The van der Waals surface area contributed by atoms with Crippen LogP contribution < -0.4 is 10.6 Å². The minimum absolute atomic E-state index is 0.00828. The van der Waals surface area contributed by atoms with E-state index in [1.54, 1.807) is 0 Å². The molecule has 206 valence electrons. The number of nitro groups is 2. The summed E-state index contributed by atoms with van der Waals surface area (Å²) >= 11 is 23.7. The van der Waals surface area contributed by atoms with E-state index in [0.717, 1.165) is 12.1 Å². The fourth-order valence-electron chi connectivity index (χ4n) is 3.44. The van der Waals surface area contributed by atoms with Crippen LogP contribution in [0.2, 0.25) is 20.1 Å². The van der Waals surface area contributed by atoms with Crippen LogP contribution in [0.1, 0.15) is 11.1 Å². The van der Waals surface area contributed by atoms with E-state index in [4.69, 9.17) is 46.4 Å². The second kappa shape index (κ2) is 12.8. The summed E-state index contributed by atoms with van der Waals surface area (Å²) in [6, 6.07) is 9.85. The summed E-state index contributed by atoms with van der Waals surface area (Å²) in [5.74, 6) is -4.85. The number of rotatable bonds is 10. The summed E-state index contributed by atoms with van der Waals surface area (Å²) in [5.41, 5.74) is -3.00. The highest BCUT2D eigenvalue weighted by molar-refractivity contribution is 6.44. The minimum atomic E-state index is -1.27. The first-order valence-electron chi connectivity index (χ1n) is 10.8. The van der Waals surface area contributed by atoms with E-state index in [0.29, 0.717) is 0 Å². The maximum Gasteiger partial charge on any atom is 0.349 e. The van der Waals surface area contributed by atoms with Gasteiger partial charge in [-0.25, -0.2) is 0 Å². The molecule has 16 heteroatoms. The Bertz CT molecular complexity index is 1600. The van der Waals surface area contributed by atoms with E-state index in [1.807, 2.05) is 0 Å². The number of Topliss-reactive ketones (excluding diaryl/α,β-unsaturated/α-hetero) is 2. The molecule has 40 heavy (non-hydrogen) atoms. The van der Waals surface area contributed by atoms with Gasteiger partial charge in [0.25, 0.3) is 11.8 Å². The number of carbonyl (C=O) groups is 4. The van der Waals surface area contributed by atoms with E-state index in [2.05, 4.69) is 10.6 Å². The highest BCUT2D eigenvalue weighted by atomic mass is 35.5. The van der Waals surface area contributed by atoms with Gasteiger partial charge in [-0.2, -0.15) is 0 Å². The lowest BCUT2D eigenvalue weighted by Gasteiger charge is -2.11. The number of halogens is 4. The number of nitrogens with zero attached hydrogens (tertiary/aromatic N) is 2. The van der Waals surface area contributed by atoms with Gasteiger partial charge in [0.15, 0.2) is 0 Å².